The lowest BCUT2D eigenvalue weighted by Gasteiger charge is -2.05. The zero-order valence-corrected chi connectivity index (χ0v) is 12.5. The SMILES string of the molecule is COC(=O)c1ccc2c(c1)cc(Cc1ccc(O)cc1)n2C. The van der Waals surface area contributed by atoms with Gasteiger partial charge in [-0.3, -0.25) is 0 Å². The first-order chi connectivity index (χ1) is 10.6. The van der Waals surface area contributed by atoms with Crippen LogP contribution in [0.2, 0.25) is 0 Å². The summed E-state index contributed by atoms with van der Waals surface area (Å²) in [4.78, 5) is 11.6. The Morgan fingerprint density at radius 1 is 1.14 bits per heavy atom. The topological polar surface area (TPSA) is 51.5 Å². The highest BCUT2D eigenvalue weighted by Crippen LogP contribution is 2.23. The predicted octanol–water partition coefficient (Wildman–Crippen LogP) is 3.26. The number of carbonyl (C=O) groups is 1. The quantitative estimate of drug-likeness (QED) is 0.755. The highest BCUT2D eigenvalue weighted by Gasteiger charge is 2.10. The van der Waals surface area contributed by atoms with Gasteiger partial charge in [-0.2, -0.15) is 0 Å². The van der Waals surface area contributed by atoms with Gasteiger partial charge in [0.05, 0.1) is 12.7 Å². The van der Waals surface area contributed by atoms with Crippen LogP contribution in [0.4, 0.5) is 0 Å². The van der Waals surface area contributed by atoms with Crippen molar-refractivity contribution < 1.29 is 14.6 Å². The Kier molecular flexibility index (Phi) is 3.59. The van der Waals surface area contributed by atoms with E-state index in [1.165, 1.54) is 7.11 Å². The average molecular weight is 295 g/mol. The molecule has 0 radical (unpaired) electrons. The molecule has 0 aliphatic rings. The van der Waals surface area contributed by atoms with Gasteiger partial charge in [-0.1, -0.05) is 12.1 Å². The number of aryl methyl sites for hydroxylation is 1. The van der Waals surface area contributed by atoms with Crippen LogP contribution in [0.5, 0.6) is 5.75 Å². The molecule has 22 heavy (non-hydrogen) atoms. The summed E-state index contributed by atoms with van der Waals surface area (Å²) < 4.78 is 6.87. The second-order valence-electron chi connectivity index (χ2n) is 5.30. The molecule has 4 nitrogen and oxygen atoms in total. The van der Waals surface area contributed by atoms with E-state index in [9.17, 15) is 9.90 Å². The summed E-state index contributed by atoms with van der Waals surface area (Å²) in [5, 5.41) is 10.4. The van der Waals surface area contributed by atoms with Crippen LogP contribution in [-0.4, -0.2) is 22.8 Å². The molecule has 1 aromatic heterocycles. The third kappa shape index (κ3) is 2.55. The second kappa shape index (κ2) is 5.56. The maximum absolute atomic E-state index is 11.6. The van der Waals surface area contributed by atoms with E-state index in [4.69, 9.17) is 4.74 Å². The van der Waals surface area contributed by atoms with Crippen molar-refractivity contribution in [2.24, 2.45) is 7.05 Å². The summed E-state index contributed by atoms with van der Waals surface area (Å²) in [6, 6.07) is 14.8. The third-order valence-corrected chi connectivity index (χ3v) is 3.88. The van der Waals surface area contributed by atoms with Gasteiger partial charge in [0.25, 0.3) is 0 Å². The lowest BCUT2D eigenvalue weighted by Crippen LogP contribution is -2.00. The maximum Gasteiger partial charge on any atom is 0.337 e. The summed E-state index contributed by atoms with van der Waals surface area (Å²) in [7, 11) is 3.39. The van der Waals surface area contributed by atoms with Gasteiger partial charge in [0.1, 0.15) is 5.75 Å². The molecule has 2 aromatic carbocycles. The van der Waals surface area contributed by atoms with E-state index in [0.717, 1.165) is 28.6 Å². The van der Waals surface area contributed by atoms with Crippen molar-refractivity contribution in [3.8, 4) is 5.75 Å². The highest BCUT2D eigenvalue weighted by molar-refractivity contribution is 5.95. The molecule has 0 unspecified atom stereocenters. The first-order valence-corrected chi connectivity index (χ1v) is 7.03. The van der Waals surface area contributed by atoms with Gasteiger partial charge < -0.3 is 14.4 Å². The number of nitrogens with zero attached hydrogens (tertiary/aromatic N) is 1. The van der Waals surface area contributed by atoms with Gasteiger partial charge in [0.15, 0.2) is 0 Å². The molecule has 0 saturated carbocycles. The van der Waals surface area contributed by atoms with Gasteiger partial charge in [-0.15, -0.1) is 0 Å². The fraction of sp³-hybridized carbons (Fsp3) is 0.167. The molecule has 1 N–H and O–H groups in total. The number of aromatic hydroxyl groups is 1. The fourth-order valence-electron chi connectivity index (χ4n) is 2.64. The van der Waals surface area contributed by atoms with Crippen LogP contribution in [0.15, 0.2) is 48.5 Å². The van der Waals surface area contributed by atoms with Crippen molar-refractivity contribution in [1.29, 1.82) is 0 Å². The molecule has 4 heteroatoms. The van der Waals surface area contributed by atoms with Gasteiger partial charge in [-0.25, -0.2) is 4.79 Å². The molecule has 0 aliphatic carbocycles. The number of hydrogen-bond donors (Lipinski definition) is 1. The third-order valence-electron chi connectivity index (χ3n) is 3.88. The molecule has 3 aromatic rings. The fourth-order valence-corrected chi connectivity index (χ4v) is 2.64. The minimum atomic E-state index is -0.328. The van der Waals surface area contributed by atoms with Gasteiger partial charge in [0, 0.05) is 30.1 Å². The maximum atomic E-state index is 11.6. The number of esters is 1. The molecule has 0 bridgehead atoms. The molecule has 0 spiro atoms. The zero-order valence-electron chi connectivity index (χ0n) is 12.5. The van der Waals surface area contributed by atoms with Crippen LogP contribution in [0.3, 0.4) is 0 Å². The number of phenols is 1. The van der Waals surface area contributed by atoms with E-state index in [1.807, 2.05) is 31.3 Å². The molecule has 0 fully saturated rings. The number of carbonyl (C=O) groups excluding carboxylic acids is 1. The van der Waals surface area contributed by atoms with Crippen LogP contribution >= 0.6 is 0 Å². The van der Waals surface area contributed by atoms with Gasteiger partial charge in [0.2, 0.25) is 0 Å². The molecule has 1 heterocycles. The summed E-state index contributed by atoms with van der Waals surface area (Å²) >= 11 is 0. The highest BCUT2D eigenvalue weighted by atomic mass is 16.5. The molecule has 0 atom stereocenters. The number of phenolic OH excluding ortho intramolecular Hbond substituents is 1. The lowest BCUT2D eigenvalue weighted by atomic mass is 10.1. The van der Waals surface area contributed by atoms with Crippen LogP contribution in [-0.2, 0) is 18.2 Å². The van der Waals surface area contributed by atoms with E-state index in [0.29, 0.717) is 5.56 Å². The molecule has 0 amide bonds. The smallest absolute Gasteiger partial charge is 0.337 e. The first-order valence-electron chi connectivity index (χ1n) is 7.03. The molecular formula is C18H17NO3. The lowest BCUT2D eigenvalue weighted by molar-refractivity contribution is 0.0601. The predicted molar refractivity (Wildman–Crippen MR) is 85.2 cm³/mol. The number of hydrogen-bond acceptors (Lipinski definition) is 3. The monoisotopic (exact) mass is 295 g/mol. The number of fused-ring (bicyclic) bond motifs is 1. The van der Waals surface area contributed by atoms with Crippen molar-refractivity contribution in [2.75, 3.05) is 7.11 Å². The van der Waals surface area contributed by atoms with Crippen molar-refractivity contribution in [3.63, 3.8) is 0 Å². The van der Waals surface area contributed by atoms with Crippen LogP contribution in [0.1, 0.15) is 21.6 Å². The minimum Gasteiger partial charge on any atom is -0.508 e. The van der Waals surface area contributed by atoms with E-state index in [-0.39, 0.29) is 11.7 Å². The summed E-state index contributed by atoms with van der Waals surface area (Å²) in [6.07, 6.45) is 0.763. The molecule has 0 aliphatic heterocycles. The van der Waals surface area contributed by atoms with Gasteiger partial charge >= 0.3 is 5.97 Å². The Hall–Kier alpha value is -2.75. The van der Waals surface area contributed by atoms with E-state index in [2.05, 4.69) is 10.6 Å². The summed E-state index contributed by atoms with van der Waals surface area (Å²) in [6.45, 7) is 0. The summed E-state index contributed by atoms with van der Waals surface area (Å²) in [5.41, 5.74) is 3.89. The van der Waals surface area contributed by atoms with Crippen molar-refractivity contribution in [3.05, 3.63) is 65.4 Å². The molecule has 0 saturated heterocycles. The Balaban J connectivity index is 1.98. The number of rotatable bonds is 3. The van der Waals surface area contributed by atoms with E-state index >= 15 is 0 Å². The Bertz CT molecular complexity index is 831. The second-order valence-corrected chi connectivity index (χ2v) is 5.30. The zero-order chi connectivity index (χ0) is 15.7. The van der Waals surface area contributed by atoms with Crippen molar-refractivity contribution in [1.82, 2.24) is 4.57 Å². The van der Waals surface area contributed by atoms with E-state index in [1.54, 1.807) is 18.2 Å². The number of methoxy groups -OCH3 is 1. The van der Waals surface area contributed by atoms with Crippen LogP contribution in [0, 0.1) is 0 Å². The molecule has 112 valence electrons. The van der Waals surface area contributed by atoms with Gasteiger partial charge in [-0.05, 0) is 42.0 Å². The minimum absolute atomic E-state index is 0.267. The number of aromatic nitrogens is 1. The van der Waals surface area contributed by atoms with Crippen molar-refractivity contribution in [2.45, 2.75) is 6.42 Å². The van der Waals surface area contributed by atoms with Crippen LogP contribution < -0.4 is 0 Å². The summed E-state index contributed by atoms with van der Waals surface area (Å²) in [5.74, 6) is -0.0608. The van der Waals surface area contributed by atoms with Crippen molar-refractivity contribution >= 4 is 16.9 Å². The van der Waals surface area contributed by atoms with Crippen LogP contribution in [0.25, 0.3) is 10.9 Å². The normalized spacial score (nSPS) is 10.8. The Labute approximate surface area is 128 Å². The Morgan fingerprint density at radius 2 is 1.86 bits per heavy atom. The largest absolute Gasteiger partial charge is 0.508 e. The number of benzene rings is 2. The molecular weight excluding hydrogens is 278 g/mol. The first kappa shape index (κ1) is 14.2. The Morgan fingerprint density at radius 3 is 2.55 bits per heavy atom. The number of ether oxygens (including phenoxy) is 1. The standard InChI is InChI=1S/C18H17NO3/c1-19-15(9-12-3-6-16(20)7-4-12)11-14-10-13(18(21)22-2)5-8-17(14)19/h3-8,10-11,20H,9H2,1-2H3. The average Bonchev–Trinajstić information content (AvgIpc) is 2.84. The molecule has 3 rings (SSSR count). The van der Waals surface area contributed by atoms with E-state index < -0.39 is 0 Å².